The predicted octanol–water partition coefficient (Wildman–Crippen LogP) is 4.79. The first-order valence-electron chi connectivity index (χ1n) is 8.91. The Morgan fingerprint density at radius 2 is 1.85 bits per heavy atom. The standard InChI is InChI=1S/C21H20ClN3O2/c1-13(2)27-17-9-3-14(4-10-17)18-11-20(26)24-21-19(18)12-23-25(21)16-7-5-15(22)6-8-16/h3-10,12-13,18H,11H2,1-2H3,(H,24,26)/t18-/m1/s1. The molecule has 1 amide bonds. The first kappa shape index (κ1) is 17.6. The zero-order valence-corrected chi connectivity index (χ0v) is 15.9. The fraction of sp³-hybridized carbons (Fsp3) is 0.238. The van der Waals surface area contributed by atoms with Crippen LogP contribution >= 0.6 is 11.6 Å². The van der Waals surface area contributed by atoms with E-state index in [1.54, 1.807) is 16.8 Å². The normalized spacial score (nSPS) is 16.1. The largest absolute Gasteiger partial charge is 0.491 e. The van der Waals surface area contributed by atoms with Gasteiger partial charge in [-0.05, 0) is 55.8 Å². The fourth-order valence-corrected chi connectivity index (χ4v) is 3.47. The highest BCUT2D eigenvalue weighted by Gasteiger charge is 2.30. The highest BCUT2D eigenvalue weighted by atomic mass is 35.5. The Labute approximate surface area is 162 Å². The van der Waals surface area contributed by atoms with E-state index < -0.39 is 0 Å². The van der Waals surface area contributed by atoms with Crippen LogP contribution in [0.1, 0.15) is 37.3 Å². The van der Waals surface area contributed by atoms with Gasteiger partial charge in [0.25, 0.3) is 0 Å². The van der Waals surface area contributed by atoms with Gasteiger partial charge in [-0.25, -0.2) is 4.68 Å². The molecule has 0 saturated heterocycles. The van der Waals surface area contributed by atoms with Crippen LogP contribution in [0.2, 0.25) is 5.02 Å². The number of nitrogens with zero attached hydrogens (tertiary/aromatic N) is 2. The number of anilines is 1. The van der Waals surface area contributed by atoms with Crippen molar-refractivity contribution < 1.29 is 9.53 Å². The molecule has 0 saturated carbocycles. The van der Waals surface area contributed by atoms with Gasteiger partial charge in [0.05, 0.1) is 18.0 Å². The second-order valence-corrected chi connectivity index (χ2v) is 7.31. The molecular weight excluding hydrogens is 362 g/mol. The summed E-state index contributed by atoms with van der Waals surface area (Å²) in [5.41, 5.74) is 2.92. The first-order chi connectivity index (χ1) is 13.0. The highest BCUT2D eigenvalue weighted by molar-refractivity contribution is 6.30. The van der Waals surface area contributed by atoms with Crippen molar-refractivity contribution in [2.75, 3.05) is 5.32 Å². The molecule has 0 unspecified atom stereocenters. The van der Waals surface area contributed by atoms with Gasteiger partial charge in [-0.1, -0.05) is 23.7 Å². The smallest absolute Gasteiger partial charge is 0.226 e. The molecule has 3 aromatic rings. The molecule has 1 atom stereocenters. The summed E-state index contributed by atoms with van der Waals surface area (Å²) in [7, 11) is 0. The van der Waals surface area contributed by atoms with Crippen LogP contribution in [0.25, 0.3) is 5.69 Å². The number of ether oxygens (including phenoxy) is 1. The molecule has 5 nitrogen and oxygen atoms in total. The van der Waals surface area contributed by atoms with Gasteiger partial charge in [0.1, 0.15) is 11.6 Å². The number of amides is 1. The van der Waals surface area contributed by atoms with Crippen LogP contribution in [0.4, 0.5) is 5.82 Å². The summed E-state index contributed by atoms with van der Waals surface area (Å²) in [6, 6.07) is 15.3. The molecule has 4 rings (SSSR count). The van der Waals surface area contributed by atoms with E-state index in [1.807, 2.05) is 56.4 Å². The van der Waals surface area contributed by atoms with E-state index in [2.05, 4.69) is 10.4 Å². The summed E-state index contributed by atoms with van der Waals surface area (Å²) in [6.45, 7) is 3.99. The van der Waals surface area contributed by atoms with Gasteiger partial charge in [0, 0.05) is 22.9 Å². The predicted molar refractivity (Wildman–Crippen MR) is 106 cm³/mol. The molecule has 0 radical (unpaired) electrons. The minimum absolute atomic E-state index is 0.0225. The van der Waals surface area contributed by atoms with Crippen molar-refractivity contribution in [1.82, 2.24) is 9.78 Å². The van der Waals surface area contributed by atoms with Crippen LogP contribution in [0.5, 0.6) is 5.75 Å². The van der Waals surface area contributed by atoms with E-state index in [-0.39, 0.29) is 17.9 Å². The number of fused-ring (bicyclic) bond motifs is 1. The third kappa shape index (κ3) is 3.55. The maximum Gasteiger partial charge on any atom is 0.226 e. The van der Waals surface area contributed by atoms with Crippen molar-refractivity contribution in [3.05, 3.63) is 70.9 Å². The van der Waals surface area contributed by atoms with E-state index >= 15 is 0 Å². The van der Waals surface area contributed by atoms with E-state index in [0.717, 1.165) is 22.6 Å². The molecule has 0 spiro atoms. The van der Waals surface area contributed by atoms with Crippen molar-refractivity contribution in [3.8, 4) is 11.4 Å². The van der Waals surface area contributed by atoms with Gasteiger partial charge in [0.15, 0.2) is 0 Å². The van der Waals surface area contributed by atoms with Crippen molar-refractivity contribution in [3.63, 3.8) is 0 Å². The summed E-state index contributed by atoms with van der Waals surface area (Å²) in [6.07, 6.45) is 2.34. The Kier molecular flexibility index (Phi) is 4.62. The minimum Gasteiger partial charge on any atom is -0.491 e. The Morgan fingerprint density at radius 3 is 2.52 bits per heavy atom. The number of aromatic nitrogens is 2. The van der Waals surface area contributed by atoms with E-state index in [1.165, 1.54) is 0 Å². The first-order valence-corrected chi connectivity index (χ1v) is 9.29. The molecule has 2 heterocycles. The van der Waals surface area contributed by atoms with Crippen LogP contribution in [0.3, 0.4) is 0 Å². The van der Waals surface area contributed by atoms with Gasteiger partial charge < -0.3 is 10.1 Å². The molecule has 2 aromatic carbocycles. The van der Waals surface area contributed by atoms with Crippen LogP contribution in [-0.4, -0.2) is 21.8 Å². The second-order valence-electron chi connectivity index (χ2n) is 6.88. The molecule has 1 aliphatic heterocycles. The lowest BCUT2D eigenvalue weighted by Crippen LogP contribution is -2.24. The summed E-state index contributed by atoms with van der Waals surface area (Å²) in [5.74, 6) is 1.47. The fourth-order valence-electron chi connectivity index (χ4n) is 3.35. The van der Waals surface area contributed by atoms with Gasteiger partial charge in [-0.15, -0.1) is 0 Å². The molecule has 6 heteroatoms. The van der Waals surface area contributed by atoms with Crippen LogP contribution in [0, 0.1) is 0 Å². The van der Waals surface area contributed by atoms with Crippen molar-refractivity contribution in [1.29, 1.82) is 0 Å². The average Bonchev–Trinajstić information content (AvgIpc) is 3.05. The number of hydrogen-bond acceptors (Lipinski definition) is 3. The number of nitrogens with one attached hydrogen (secondary N) is 1. The van der Waals surface area contributed by atoms with Crippen LogP contribution < -0.4 is 10.1 Å². The lowest BCUT2D eigenvalue weighted by molar-refractivity contribution is -0.116. The number of hydrogen-bond donors (Lipinski definition) is 1. The van der Waals surface area contributed by atoms with E-state index in [9.17, 15) is 4.79 Å². The molecule has 0 fully saturated rings. The number of rotatable bonds is 4. The summed E-state index contributed by atoms with van der Waals surface area (Å²) in [5, 5.41) is 8.12. The third-order valence-electron chi connectivity index (χ3n) is 4.55. The Hall–Kier alpha value is -2.79. The number of carbonyl (C=O) groups is 1. The topological polar surface area (TPSA) is 56.1 Å². The third-order valence-corrected chi connectivity index (χ3v) is 4.80. The summed E-state index contributed by atoms with van der Waals surface area (Å²) < 4.78 is 7.45. The number of benzene rings is 2. The van der Waals surface area contributed by atoms with Crippen LogP contribution in [0.15, 0.2) is 54.7 Å². The van der Waals surface area contributed by atoms with Crippen molar-refractivity contribution in [2.45, 2.75) is 32.3 Å². The van der Waals surface area contributed by atoms with Gasteiger partial charge >= 0.3 is 0 Å². The monoisotopic (exact) mass is 381 g/mol. The Bertz CT molecular complexity index is 962. The Balaban J connectivity index is 1.69. The maximum absolute atomic E-state index is 12.4. The van der Waals surface area contributed by atoms with Gasteiger partial charge in [-0.3, -0.25) is 4.79 Å². The summed E-state index contributed by atoms with van der Waals surface area (Å²) >= 11 is 5.98. The molecule has 0 bridgehead atoms. The Morgan fingerprint density at radius 1 is 1.15 bits per heavy atom. The highest BCUT2D eigenvalue weighted by Crippen LogP contribution is 2.38. The second kappa shape index (κ2) is 7.08. The average molecular weight is 382 g/mol. The molecule has 1 N–H and O–H groups in total. The molecule has 1 aliphatic rings. The maximum atomic E-state index is 12.4. The number of carbonyl (C=O) groups excluding carboxylic acids is 1. The quantitative estimate of drug-likeness (QED) is 0.707. The summed E-state index contributed by atoms with van der Waals surface area (Å²) in [4.78, 5) is 12.4. The molecule has 138 valence electrons. The minimum atomic E-state index is -0.0390. The lowest BCUT2D eigenvalue weighted by Gasteiger charge is -2.24. The van der Waals surface area contributed by atoms with Crippen molar-refractivity contribution in [2.24, 2.45) is 0 Å². The van der Waals surface area contributed by atoms with Gasteiger partial charge in [0.2, 0.25) is 5.91 Å². The lowest BCUT2D eigenvalue weighted by atomic mass is 9.87. The van der Waals surface area contributed by atoms with Crippen LogP contribution in [-0.2, 0) is 4.79 Å². The zero-order valence-electron chi connectivity index (χ0n) is 15.1. The molecule has 1 aromatic heterocycles. The molecule has 27 heavy (non-hydrogen) atoms. The molecular formula is C21H20ClN3O2. The van der Waals surface area contributed by atoms with E-state index in [4.69, 9.17) is 16.3 Å². The molecule has 0 aliphatic carbocycles. The number of halogens is 1. The van der Waals surface area contributed by atoms with Gasteiger partial charge in [-0.2, -0.15) is 5.10 Å². The SMILES string of the molecule is CC(C)Oc1ccc([C@H]2CC(=O)Nc3c2cnn3-c2ccc(Cl)cc2)cc1. The zero-order chi connectivity index (χ0) is 19.0. The van der Waals surface area contributed by atoms with Crippen molar-refractivity contribution >= 4 is 23.3 Å². The van der Waals surface area contributed by atoms with E-state index in [0.29, 0.717) is 17.3 Å².